The topological polar surface area (TPSA) is 32.3 Å². The first-order valence-corrected chi connectivity index (χ1v) is 6.65. The van der Waals surface area contributed by atoms with E-state index in [1.807, 2.05) is 29.5 Å². The van der Waals surface area contributed by atoms with Gasteiger partial charge in [-0.1, -0.05) is 6.07 Å². The molecule has 0 saturated carbocycles. The number of nitrogens with zero attached hydrogens (tertiary/aromatic N) is 1. The SMILES string of the molecule is CN(CC1CCNCC1)C(=O)c1cccs1.Cl. The number of amides is 1. The lowest BCUT2D eigenvalue weighted by molar-refractivity contribution is 0.0767. The van der Waals surface area contributed by atoms with Crippen molar-refractivity contribution in [1.82, 2.24) is 10.2 Å². The number of carbonyl (C=O) groups excluding carboxylic acids is 1. The zero-order chi connectivity index (χ0) is 11.4. The average molecular weight is 275 g/mol. The van der Waals surface area contributed by atoms with Gasteiger partial charge in [0.25, 0.3) is 5.91 Å². The summed E-state index contributed by atoms with van der Waals surface area (Å²) in [6.07, 6.45) is 2.37. The van der Waals surface area contributed by atoms with Gasteiger partial charge in [-0.2, -0.15) is 0 Å². The molecular weight excluding hydrogens is 256 g/mol. The summed E-state index contributed by atoms with van der Waals surface area (Å²) >= 11 is 1.52. The predicted octanol–water partition coefficient (Wildman–Crippen LogP) is 2.24. The van der Waals surface area contributed by atoms with E-state index in [1.165, 1.54) is 24.2 Å². The van der Waals surface area contributed by atoms with Crippen LogP contribution < -0.4 is 5.32 Å². The lowest BCUT2D eigenvalue weighted by atomic mass is 9.98. The van der Waals surface area contributed by atoms with E-state index in [0.717, 1.165) is 24.5 Å². The van der Waals surface area contributed by atoms with Gasteiger partial charge >= 0.3 is 0 Å². The lowest BCUT2D eigenvalue weighted by Gasteiger charge is -2.27. The van der Waals surface area contributed by atoms with Crippen LogP contribution in [0.25, 0.3) is 0 Å². The number of rotatable bonds is 3. The van der Waals surface area contributed by atoms with E-state index in [-0.39, 0.29) is 18.3 Å². The molecule has 1 aliphatic heterocycles. The molecule has 0 atom stereocenters. The first kappa shape index (κ1) is 14.5. The second-order valence-corrected chi connectivity index (χ2v) is 5.30. The largest absolute Gasteiger partial charge is 0.341 e. The van der Waals surface area contributed by atoms with Crippen molar-refractivity contribution < 1.29 is 4.79 Å². The highest BCUT2D eigenvalue weighted by molar-refractivity contribution is 7.12. The molecular formula is C12H19ClN2OS. The minimum absolute atomic E-state index is 0. The number of carbonyl (C=O) groups is 1. The molecule has 1 aromatic rings. The Morgan fingerprint density at radius 2 is 2.24 bits per heavy atom. The molecule has 0 bridgehead atoms. The van der Waals surface area contributed by atoms with Crippen molar-refractivity contribution in [3.63, 3.8) is 0 Å². The zero-order valence-electron chi connectivity index (χ0n) is 10.0. The van der Waals surface area contributed by atoms with Crippen LogP contribution in [0.3, 0.4) is 0 Å². The van der Waals surface area contributed by atoms with E-state index in [1.54, 1.807) is 0 Å². The van der Waals surface area contributed by atoms with Crippen LogP contribution in [-0.2, 0) is 0 Å². The van der Waals surface area contributed by atoms with E-state index < -0.39 is 0 Å². The maximum absolute atomic E-state index is 12.0. The Morgan fingerprint density at radius 3 is 2.82 bits per heavy atom. The first-order valence-electron chi connectivity index (χ1n) is 5.77. The van der Waals surface area contributed by atoms with Gasteiger partial charge in [-0.25, -0.2) is 0 Å². The van der Waals surface area contributed by atoms with Gasteiger partial charge in [-0.3, -0.25) is 4.79 Å². The monoisotopic (exact) mass is 274 g/mol. The van der Waals surface area contributed by atoms with Crippen LogP contribution in [0, 0.1) is 5.92 Å². The summed E-state index contributed by atoms with van der Waals surface area (Å²) in [7, 11) is 1.91. The van der Waals surface area contributed by atoms with E-state index in [9.17, 15) is 4.79 Å². The fourth-order valence-corrected chi connectivity index (χ4v) is 2.84. The van der Waals surface area contributed by atoms with Crippen molar-refractivity contribution >= 4 is 29.7 Å². The standard InChI is InChI=1S/C12H18N2OS.ClH/c1-14(9-10-4-6-13-7-5-10)12(15)11-3-2-8-16-11;/h2-3,8,10,13H,4-7,9H2,1H3;1H. The van der Waals surface area contributed by atoms with Crippen LogP contribution in [0.1, 0.15) is 22.5 Å². The van der Waals surface area contributed by atoms with Gasteiger partial charge in [0.1, 0.15) is 0 Å². The Hall–Kier alpha value is -0.580. The molecule has 0 spiro atoms. The fraction of sp³-hybridized carbons (Fsp3) is 0.583. The van der Waals surface area contributed by atoms with Crippen LogP contribution in [0.4, 0.5) is 0 Å². The molecule has 0 aromatic carbocycles. The third-order valence-electron chi connectivity index (χ3n) is 3.07. The molecule has 3 nitrogen and oxygen atoms in total. The summed E-state index contributed by atoms with van der Waals surface area (Å²) in [6.45, 7) is 3.07. The Labute approximate surface area is 113 Å². The highest BCUT2D eigenvalue weighted by Crippen LogP contribution is 2.16. The second kappa shape index (κ2) is 6.99. The normalized spacial score (nSPS) is 16.3. The lowest BCUT2D eigenvalue weighted by Crippen LogP contribution is -2.36. The molecule has 0 aliphatic carbocycles. The van der Waals surface area contributed by atoms with Crippen molar-refractivity contribution in [2.75, 3.05) is 26.7 Å². The number of piperidine rings is 1. The van der Waals surface area contributed by atoms with Crippen molar-refractivity contribution in [2.24, 2.45) is 5.92 Å². The Morgan fingerprint density at radius 1 is 1.53 bits per heavy atom. The quantitative estimate of drug-likeness (QED) is 0.917. The van der Waals surface area contributed by atoms with E-state index in [0.29, 0.717) is 5.92 Å². The molecule has 5 heteroatoms. The fourth-order valence-electron chi connectivity index (χ4n) is 2.12. The summed E-state index contributed by atoms with van der Waals surface area (Å²) < 4.78 is 0. The van der Waals surface area contributed by atoms with Crippen LogP contribution in [0.5, 0.6) is 0 Å². The van der Waals surface area contributed by atoms with Crippen molar-refractivity contribution in [1.29, 1.82) is 0 Å². The van der Waals surface area contributed by atoms with Crippen molar-refractivity contribution in [3.05, 3.63) is 22.4 Å². The summed E-state index contributed by atoms with van der Waals surface area (Å²) in [4.78, 5) is 14.7. The smallest absolute Gasteiger partial charge is 0.263 e. The highest BCUT2D eigenvalue weighted by atomic mass is 35.5. The number of thiophene rings is 1. The molecule has 1 fully saturated rings. The van der Waals surface area contributed by atoms with Crippen molar-refractivity contribution in [3.8, 4) is 0 Å². The molecule has 2 heterocycles. The van der Waals surface area contributed by atoms with Crippen LogP contribution in [0.2, 0.25) is 0 Å². The van der Waals surface area contributed by atoms with Gasteiger partial charge in [0, 0.05) is 13.6 Å². The molecule has 0 radical (unpaired) electrons. The van der Waals surface area contributed by atoms with Gasteiger partial charge < -0.3 is 10.2 Å². The molecule has 1 aromatic heterocycles. The molecule has 1 saturated heterocycles. The predicted molar refractivity (Wildman–Crippen MR) is 74.1 cm³/mol. The second-order valence-electron chi connectivity index (χ2n) is 4.36. The van der Waals surface area contributed by atoms with E-state index >= 15 is 0 Å². The summed E-state index contributed by atoms with van der Waals surface area (Å²) in [6, 6.07) is 3.82. The van der Waals surface area contributed by atoms with E-state index in [4.69, 9.17) is 0 Å². The molecule has 1 amide bonds. The number of hydrogen-bond acceptors (Lipinski definition) is 3. The first-order chi connectivity index (χ1) is 7.77. The summed E-state index contributed by atoms with van der Waals surface area (Å²) in [5.41, 5.74) is 0. The van der Waals surface area contributed by atoms with Crippen LogP contribution in [0.15, 0.2) is 17.5 Å². The number of hydrogen-bond donors (Lipinski definition) is 1. The minimum atomic E-state index is 0. The zero-order valence-corrected chi connectivity index (χ0v) is 11.6. The van der Waals surface area contributed by atoms with Gasteiger partial charge in [0.05, 0.1) is 4.88 Å². The number of halogens is 1. The van der Waals surface area contributed by atoms with Gasteiger partial charge in [-0.15, -0.1) is 23.7 Å². The van der Waals surface area contributed by atoms with Crippen molar-refractivity contribution in [2.45, 2.75) is 12.8 Å². The maximum atomic E-state index is 12.0. The average Bonchev–Trinajstić information content (AvgIpc) is 2.83. The Bertz CT molecular complexity index is 336. The summed E-state index contributed by atoms with van der Waals surface area (Å²) in [5.74, 6) is 0.823. The highest BCUT2D eigenvalue weighted by Gasteiger charge is 2.19. The molecule has 1 N–H and O–H groups in total. The molecule has 2 rings (SSSR count). The Balaban J connectivity index is 0.00000144. The molecule has 96 valence electrons. The third kappa shape index (κ3) is 3.98. The molecule has 1 aliphatic rings. The maximum Gasteiger partial charge on any atom is 0.263 e. The van der Waals surface area contributed by atoms with Gasteiger partial charge in [0.15, 0.2) is 0 Å². The number of nitrogens with one attached hydrogen (secondary N) is 1. The molecule has 0 unspecified atom stereocenters. The van der Waals surface area contributed by atoms with Gasteiger partial charge in [0.2, 0.25) is 0 Å². The van der Waals surface area contributed by atoms with Crippen LogP contribution in [-0.4, -0.2) is 37.5 Å². The van der Waals surface area contributed by atoms with E-state index in [2.05, 4.69) is 5.32 Å². The van der Waals surface area contributed by atoms with Crippen LogP contribution >= 0.6 is 23.7 Å². The minimum Gasteiger partial charge on any atom is -0.341 e. The summed E-state index contributed by atoms with van der Waals surface area (Å²) in [5, 5.41) is 5.29. The Kier molecular flexibility index (Phi) is 5.95. The third-order valence-corrected chi connectivity index (χ3v) is 3.93. The molecule has 17 heavy (non-hydrogen) atoms. The van der Waals surface area contributed by atoms with Gasteiger partial charge in [-0.05, 0) is 43.3 Å².